The molecular weight excluding hydrogens is 362 g/mol. The number of aliphatic hydroxyl groups is 1. The van der Waals surface area contributed by atoms with Gasteiger partial charge in [0, 0.05) is 10.5 Å². The van der Waals surface area contributed by atoms with Gasteiger partial charge in [-0.15, -0.1) is 0 Å². The molecule has 0 aromatic heterocycles. The van der Waals surface area contributed by atoms with Crippen LogP contribution >= 0.6 is 0 Å². The molecule has 2 heterocycles. The van der Waals surface area contributed by atoms with E-state index in [-0.39, 0.29) is 13.2 Å². The second kappa shape index (κ2) is 8.70. The Morgan fingerprint density at radius 3 is 2.50 bits per heavy atom. The van der Waals surface area contributed by atoms with Crippen molar-refractivity contribution in [3.8, 4) is 0 Å². The fourth-order valence-corrected chi connectivity index (χ4v) is 3.43. The van der Waals surface area contributed by atoms with Crippen molar-refractivity contribution in [1.29, 1.82) is 0 Å². The minimum Gasteiger partial charge on any atom is -0.390 e. The molecule has 2 aliphatic heterocycles. The van der Waals surface area contributed by atoms with E-state index in [1.807, 2.05) is 60.7 Å². The lowest BCUT2D eigenvalue weighted by Crippen LogP contribution is -2.61. The monoisotopic (exact) mass is 383 g/mol. The molecule has 0 aliphatic carbocycles. The molecule has 2 unspecified atom stereocenters. The summed E-state index contributed by atoms with van der Waals surface area (Å²) in [6.07, 6.45) is -3.81. The van der Waals surface area contributed by atoms with E-state index in [9.17, 15) is 5.11 Å². The van der Waals surface area contributed by atoms with E-state index in [0.29, 0.717) is 0 Å². The summed E-state index contributed by atoms with van der Waals surface area (Å²) in [6, 6.07) is 18.1. The molecule has 2 saturated heterocycles. The summed E-state index contributed by atoms with van der Waals surface area (Å²) < 4.78 is 23.5. The fourth-order valence-electron chi connectivity index (χ4n) is 3.43. The van der Waals surface area contributed by atoms with Crippen molar-refractivity contribution in [1.82, 2.24) is 0 Å². The first-order valence-electron chi connectivity index (χ1n) is 9.11. The lowest BCUT2D eigenvalue weighted by atomic mass is 9.96. The maximum Gasteiger partial charge on any atom is 0.184 e. The second-order valence-electron chi connectivity index (χ2n) is 6.70. The van der Waals surface area contributed by atoms with Crippen molar-refractivity contribution < 1.29 is 24.1 Å². The molecule has 6 atom stereocenters. The maximum absolute atomic E-state index is 10.8. The van der Waals surface area contributed by atoms with Gasteiger partial charge in [-0.1, -0.05) is 65.8 Å². The van der Waals surface area contributed by atoms with E-state index < -0.39 is 36.9 Å². The molecule has 2 aromatic rings. The third-order valence-electron chi connectivity index (χ3n) is 4.85. The first-order valence-corrected chi connectivity index (χ1v) is 9.11. The molecule has 28 heavy (non-hydrogen) atoms. The van der Waals surface area contributed by atoms with Crippen molar-refractivity contribution >= 4 is 0 Å². The SMILES string of the molecule is [N-]=[N+]=N[C@H]1C(OCc2ccccc2)O[C@@H]2COC(c3ccccc3)O[C@H]2[C@H]1O. The Kier molecular flexibility index (Phi) is 5.87. The Morgan fingerprint density at radius 2 is 1.79 bits per heavy atom. The molecular formula is C20H21N3O5. The smallest absolute Gasteiger partial charge is 0.184 e. The fraction of sp³-hybridized carbons (Fsp3) is 0.400. The number of benzene rings is 2. The summed E-state index contributed by atoms with van der Waals surface area (Å²) in [5, 5.41) is 14.5. The average Bonchev–Trinajstić information content (AvgIpc) is 2.76. The van der Waals surface area contributed by atoms with Crippen LogP contribution in [0.5, 0.6) is 0 Å². The summed E-state index contributed by atoms with van der Waals surface area (Å²) in [4.78, 5) is 2.85. The third-order valence-corrected chi connectivity index (χ3v) is 4.85. The second-order valence-corrected chi connectivity index (χ2v) is 6.70. The summed E-state index contributed by atoms with van der Waals surface area (Å²) >= 11 is 0. The van der Waals surface area contributed by atoms with Gasteiger partial charge < -0.3 is 24.1 Å². The Bertz CT molecular complexity index is 815. The Hall–Kier alpha value is -2.45. The highest BCUT2D eigenvalue weighted by atomic mass is 16.7. The normalized spacial score (nSPS) is 32.2. The number of hydrogen-bond donors (Lipinski definition) is 1. The number of ether oxygens (including phenoxy) is 4. The quantitative estimate of drug-likeness (QED) is 0.485. The van der Waals surface area contributed by atoms with Crippen LogP contribution in [0.15, 0.2) is 65.8 Å². The Morgan fingerprint density at radius 1 is 1.07 bits per heavy atom. The number of hydrogen-bond acceptors (Lipinski definition) is 6. The van der Waals surface area contributed by atoms with Crippen molar-refractivity contribution in [2.45, 2.75) is 43.5 Å². The van der Waals surface area contributed by atoms with E-state index in [1.54, 1.807) is 0 Å². The van der Waals surface area contributed by atoms with Gasteiger partial charge in [0.1, 0.15) is 18.2 Å². The van der Waals surface area contributed by atoms with Crippen LogP contribution in [0.4, 0.5) is 0 Å². The third kappa shape index (κ3) is 4.02. The van der Waals surface area contributed by atoms with E-state index in [1.165, 1.54) is 0 Å². The molecule has 146 valence electrons. The van der Waals surface area contributed by atoms with Crippen molar-refractivity contribution in [3.05, 3.63) is 82.2 Å². The van der Waals surface area contributed by atoms with Crippen molar-refractivity contribution in [3.63, 3.8) is 0 Å². The number of azide groups is 1. The first kappa shape index (κ1) is 18.9. The van der Waals surface area contributed by atoms with Crippen LogP contribution in [0.1, 0.15) is 17.4 Å². The van der Waals surface area contributed by atoms with Crippen LogP contribution in [-0.2, 0) is 25.6 Å². The Balaban J connectivity index is 1.47. The highest BCUT2D eigenvalue weighted by Crippen LogP contribution is 2.35. The van der Waals surface area contributed by atoms with Gasteiger partial charge in [-0.2, -0.15) is 0 Å². The van der Waals surface area contributed by atoms with E-state index in [0.717, 1.165) is 11.1 Å². The van der Waals surface area contributed by atoms with Gasteiger partial charge in [-0.25, -0.2) is 0 Å². The summed E-state index contributed by atoms with van der Waals surface area (Å²) in [5.41, 5.74) is 10.7. The van der Waals surface area contributed by atoms with Crippen LogP contribution in [0.25, 0.3) is 10.4 Å². The van der Waals surface area contributed by atoms with E-state index >= 15 is 0 Å². The largest absolute Gasteiger partial charge is 0.390 e. The minimum absolute atomic E-state index is 0.232. The molecule has 0 radical (unpaired) electrons. The van der Waals surface area contributed by atoms with E-state index in [2.05, 4.69) is 10.0 Å². The first-order chi connectivity index (χ1) is 13.8. The van der Waals surface area contributed by atoms with Crippen molar-refractivity contribution in [2.75, 3.05) is 6.61 Å². The standard InChI is InChI=1S/C20H21N3O5/c21-23-22-16-17(24)18-15(12-26-19(28-18)14-9-5-2-6-10-14)27-20(16)25-11-13-7-3-1-4-8-13/h1-10,15-20,24H,11-12H2/t15-,16-,17+,18-,19?,20?/m1/s1. The van der Waals surface area contributed by atoms with Gasteiger partial charge in [0.15, 0.2) is 12.6 Å². The van der Waals surface area contributed by atoms with Crippen LogP contribution in [0.3, 0.4) is 0 Å². The summed E-state index contributed by atoms with van der Waals surface area (Å²) in [7, 11) is 0. The highest BCUT2D eigenvalue weighted by Gasteiger charge is 2.49. The number of aliphatic hydroxyl groups excluding tert-OH is 1. The molecule has 1 N–H and O–H groups in total. The highest BCUT2D eigenvalue weighted by molar-refractivity contribution is 5.17. The molecule has 4 rings (SSSR count). The molecule has 0 amide bonds. The summed E-state index contributed by atoms with van der Waals surface area (Å²) in [6.45, 7) is 0.497. The molecule has 0 bridgehead atoms. The average molecular weight is 383 g/mol. The zero-order chi connectivity index (χ0) is 19.3. The zero-order valence-electron chi connectivity index (χ0n) is 15.1. The number of nitrogens with zero attached hydrogens (tertiary/aromatic N) is 3. The van der Waals surface area contributed by atoms with Crippen LogP contribution in [0.2, 0.25) is 0 Å². The minimum atomic E-state index is -1.08. The lowest BCUT2D eigenvalue weighted by molar-refractivity contribution is -0.343. The molecule has 8 nitrogen and oxygen atoms in total. The Labute approximate surface area is 162 Å². The molecule has 0 spiro atoms. The van der Waals surface area contributed by atoms with Gasteiger partial charge in [-0.05, 0) is 11.1 Å². The zero-order valence-corrected chi connectivity index (χ0v) is 15.1. The van der Waals surface area contributed by atoms with Crippen LogP contribution in [0, 0.1) is 0 Å². The molecule has 2 aliphatic rings. The van der Waals surface area contributed by atoms with Gasteiger partial charge in [0.2, 0.25) is 0 Å². The molecule has 0 saturated carbocycles. The number of fused-ring (bicyclic) bond motifs is 1. The van der Waals surface area contributed by atoms with Crippen LogP contribution in [-0.4, -0.2) is 42.4 Å². The van der Waals surface area contributed by atoms with Gasteiger partial charge >= 0.3 is 0 Å². The molecule has 2 aromatic carbocycles. The van der Waals surface area contributed by atoms with E-state index in [4.69, 9.17) is 24.5 Å². The predicted molar refractivity (Wildman–Crippen MR) is 98.8 cm³/mol. The van der Waals surface area contributed by atoms with Crippen molar-refractivity contribution in [2.24, 2.45) is 5.11 Å². The van der Waals surface area contributed by atoms with Gasteiger partial charge in [0.05, 0.1) is 19.3 Å². The number of rotatable bonds is 5. The van der Waals surface area contributed by atoms with Gasteiger partial charge in [-0.3, -0.25) is 0 Å². The maximum atomic E-state index is 10.8. The molecule has 2 fully saturated rings. The predicted octanol–water partition coefficient (Wildman–Crippen LogP) is 3.08. The lowest BCUT2D eigenvalue weighted by Gasteiger charge is -2.46. The summed E-state index contributed by atoms with van der Waals surface area (Å²) in [5.74, 6) is 0. The molecule has 8 heteroatoms. The topological polar surface area (TPSA) is 106 Å². The van der Waals surface area contributed by atoms with Gasteiger partial charge in [0.25, 0.3) is 0 Å². The van der Waals surface area contributed by atoms with Crippen LogP contribution < -0.4 is 0 Å².